The smallest absolute Gasteiger partial charge is 0.276 e. The number of anilines is 1. The minimum absolute atomic E-state index is 0.00353. The topological polar surface area (TPSA) is 80.1 Å². The van der Waals surface area contributed by atoms with E-state index >= 15 is 0 Å². The van der Waals surface area contributed by atoms with Gasteiger partial charge in [0.25, 0.3) is 5.91 Å². The molecule has 3 heterocycles. The Hall–Kier alpha value is -3.63. The Morgan fingerprint density at radius 2 is 1.81 bits per heavy atom. The number of hydrogen-bond acceptors (Lipinski definition) is 4. The molecule has 0 atom stereocenters. The number of carbonyl (C=O) groups excluding carboxylic acids is 2. The van der Waals surface area contributed by atoms with E-state index in [2.05, 4.69) is 27.2 Å². The molecule has 36 heavy (non-hydrogen) atoms. The van der Waals surface area contributed by atoms with Crippen LogP contribution in [0.5, 0.6) is 0 Å². The van der Waals surface area contributed by atoms with E-state index in [1.807, 2.05) is 62.1 Å². The summed E-state index contributed by atoms with van der Waals surface area (Å²) in [5.74, 6) is 6.82. The summed E-state index contributed by atoms with van der Waals surface area (Å²) in [6.45, 7) is 7.74. The number of hydrogen-bond donors (Lipinski definition) is 1. The van der Waals surface area contributed by atoms with Gasteiger partial charge in [-0.3, -0.25) is 14.3 Å². The Bertz CT molecular complexity index is 1300. The Labute approximate surface area is 216 Å². The Balaban J connectivity index is 1.41. The lowest BCUT2D eigenvalue weighted by Gasteiger charge is -2.33. The van der Waals surface area contributed by atoms with Crippen molar-refractivity contribution in [2.24, 2.45) is 11.8 Å². The number of nitrogens with zero attached hydrogens (tertiary/aromatic N) is 4. The highest BCUT2D eigenvalue weighted by Crippen LogP contribution is 2.24. The maximum Gasteiger partial charge on any atom is 0.276 e. The Morgan fingerprint density at radius 3 is 2.47 bits per heavy atom. The molecule has 0 bridgehead atoms. The maximum absolute atomic E-state index is 13.1. The van der Waals surface area contributed by atoms with E-state index in [1.165, 1.54) is 6.20 Å². The number of nitrogens with one attached hydrogen (secondary N) is 1. The van der Waals surface area contributed by atoms with Crippen LogP contribution in [0.3, 0.4) is 0 Å². The maximum atomic E-state index is 13.1. The van der Waals surface area contributed by atoms with Gasteiger partial charge in [0.1, 0.15) is 11.5 Å². The second-order valence-electron chi connectivity index (χ2n) is 9.41. The molecule has 0 saturated carbocycles. The van der Waals surface area contributed by atoms with E-state index in [4.69, 9.17) is 11.6 Å². The van der Waals surface area contributed by atoms with E-state index in [0.29, 0.717) is 29.0 Å². The Kier molecular flexibility index (Phi) is 8.07. The number of carbonyl (C=O) groups is 2. The average molecular weight is 504 g/mol. The molecule has 2 aromatic heterocycles. The molecule has 1 N–H and O–H groups in total. The van der Waals surface area contributed by atoms with Crippen LogP contribution in [0.2, 0.25) is 5.02 Å². The fourth-order valence-electron chi connectivity index (χ4n) is 4.28. The van der Waals surface area contributed by atoms with Crippen molar-refractivity contribution in [2.75, 3.05) is 18.4 Å². The monoisotopic (exact) mass is 503 g/mol. The van der Waals surface area contributed by atoms with Crippen LogP contribution in [0.4, 0.5) is 5.82 Å². The fourth-order valence-corrected chi connectivity index (χ4v) is 4.51. The van der Waals surface area contributed by atoms with Gasteiger partial charge in [-0.25, -0.2) is 4.98 Å². The average Bonchev–Trinajstić information content (AvgIpc) is 3.24. The quantitative estimate of drug-likeness (QED) is 0.508. The predicted octanol–water partition coefficient (Wildman–Crippen LogP) is 4.79. The second kappa shape index (κ2) is 11.4. The van der Waals surface area contributed by atoms with Crippen LogP contribution in [0, 0.1) is 30.6 Å². The molecular weight excluding hydrogens is 474 g/mol. The van der Waals surface area contributed by atoms with Crippen molar-refractivity contribution in [3.05, 3.63) is 76.2 Å². The van der Waals surface area contributed by atoms with Crippen molar-refractivity contribution in [1.29, 1.82) is 0 Å². The standard InChI is InChI=1S/C28H30ClN5O2/c1-19(2)28(36)33-13-11-22(12-14-33)18-34-25(24(29)17-31-34)27(35)32-26-20(3)15-23(16-30-26)10-9-21-7-5-4-6-8-21/h4-8,15-17,19,22H,11-14,18H2,1-3H3,(H,30,32,35). The van der Waals surface area contributed by atoms with Gasteiger partial charge in [-0.05, 0) is 49.4 Å². The van der Waals surface area contributed by atoms with Crippen LogP contribution in [-0.2, 0) is 11.3 Å². The van der Waals surface area contributed by atoms with Crippen LogP contribution >= 0.6 is 11.6 Å². The first-order valence-electron chi connectivity index (χ1n) is 12.2. The number of pyridine rings is 1. The van der Waals surface area contributed by atoms with Crippen LogP contribution < -0.4 is 5.32 Å². The van der Waals surface area contributed by atoms with Gasteiger partial charge in [-0.1, -0.05) is 55.5 Å². The number of halogens is 1. The van der Waals surface area contributed by atoms with Crippen molar-refractivity contribution in [3.8, 4) is 11.8 Å². The van der Waals surface area contributed by atoms with E-state index in [0.717, 1.165) is 42.6 Å². The van der Waals surface area contributed by atoms with Gasteiger partial charge in [0.05, 0.1) is 11.2 Å². The minimum atomic E-state index is -0.358. The number of likely N-dealkylation sites (tertiary alicyclic amines) is 1. The zero-order valence-electron chi connectivity index (χ0n) is 20.8. The van der Waals surface area contributed by atoms with Crippen molar-refractivity contribution < 1.29 is 9.59 Å². The molecule has 186 valence electrons. The molecule has 7 nitrogen and oxygen atoms in total. The van der Waals surface area contributed by atoms with Crippen LogP contribution in [0.15, 0.2) is 48.8 Å². The number of benzene rings is 1. The van der Waals surface area contributed by atoms with Crippen molar-refractivity contribution in [2.45, 2.75) is 40.2 Å². The molecule has 0 radical (unpaired) electrons. The zero-order chi connectivity index (χ0) is 25.7. The van der Waals surface area contributed by atoms with E-state index < -0.39 is 0 Å². The molecule has 8 heteroatoms. The molecule has 0 unspecified atom stereocenters. The van der Waals surface area contributed by atoms with E-state index in [9.17, 15) is 9.59 Å². The molecule has 1 aliphatic rings. The molecule has 0 aliphatic carbocycles. The van der Waals surface area contributed by atoms with Gasteiger partial charge < -0.3 is 10.2 Å². The first-order chi connectivity index (χ1) is 17.3. The zero-order valence-corrected chi connectivity index (χ0v) is 21.5. The lowest BCUT2D eigenvalue weighted by atomic mass is 9.96. The molecule has 1 aromatic carbocycles. The van der Waals surface area contributed by atoms with Gasteiger partial charge in [0.2, 0.25) is 5.91 Å². The lowest BCUT2D eigenvalue weighted by molar-refractivity contribution is -0.135. The summed E-state index contributed by atoms with van der Waals surface area (Å²) in [6.07, 6.45) is 4.87. The second-order valence-corrected chi connectivity index (χ2v) is 9.81. The molecule has 1 aliphatic heterocycles. The fraction of sp³-hybridized carbons (Fsp3) is 0.357. The van der Waals surface area contributed by atoms with Crippen LogP contribution in [-0.4, -0.2) is 44.6 Å². The number of rotatable bonds is 5. The highest BCUT2D eigenvalue weighted by atomic mass is 35.5. The SMILES string of the molecule is Cc1cc(C#Cc2ccccc2)cnc1NC(=O)c1c(Cl)cnn1CC1CCN(C(=O)C(C)C)CC1. The van der Waals surface area contributed by atoms with Crippen LogP contribution in [0.25, 0.3) is 0 Å². The Morgan fingerprint density at radius 1 is 1.11 bits per heavy atom. The summed E-state index contributed by atoms with van der Waals surface area (Å²) in [5.41, 5.74) is 2.80. The number of piperidine rings is 1. The van der Waals surface area contributed by atoms with Crippen molar-refractivity contribution in [1.82, 2.24) is 19.7 Å². The first kappa shape index (κ1) is 25.5. The molecular formula is C28H30ClN5O2. The lowest BCUT2D eigenvalue weighted by Crippen LogP contribution is -2.41. The van der Waals surface area contributed by atoms with Gasteiger partial charge in [-0.15, -0.1) is 0 Å². The van der Waals surface area contributed by atoms with E-state index in [1.54, 1.807) is 10.9 Å². The third-order valence-electron chi connectivity index (χ3n) is 6.30. The van der Waals surface area contributed by atoms with Crippen molar-refractivity contribution >= 4 is 29.2 Å². The summed E-state index contributed by atoms with van der Waals surface area (Å²) >= 11 is 6.35. The molecule has 3 aromatic rings. The summed E-state index contributed by atoms with van der Waals surface area (Å²) in [7, 11) is 0. The predicted molar refractivity (Wildman–Crippen MR) is 141 cm³/mol. The molecule has 1 fully saturated rings. The van der Waals surface area contributed by atoms with Crippen LogP contribution in [0.1, 0.15) is 53.9 Å². The number of amides is 2. The molecule has 2 amide bonds. The van der Waals surface area contributed by atoms with E-state index in [-0.39, 0.29) is 17.7 Å². The highest BCUT2D eigenvalue weighted by Gasteiger charge is 2.26. The third kappa shape index (κ3) is 6.13. The summed E-state index contributed by atoms with van der Waals surface area (Å²) in [6, 6.07) is 11.6. The van der Waals surface area contributed by atoms with Gasteiger partial charge in [0.15, 0.2) is 0 Å². The summed E-state index contributed by atoms with van der Waals surface area (Å²) < 4.78 is 1.66. The summed E-state index contributed by atoms with van der Waals surface area (Å²) in [5, 5.41) is 7.51. The number of aromatic nitrogens is 3. The summed E-state index contributed by atoms with van der Waals surface area (Å²) in [4.78, 5) is 31.7. The van der Waals surface area contributed by atoms with Crippen molar-refractivity contribution in [3.63, 3.8) is 0 Å². The van der Waals surface area contributed by atoms with Gasteiger partial charge in [-0.2, -0.15) is 5.10 Å². The normalized spacial score (nSPS) is 13.9. The molecule has 1 saturated heterocycles. The largest absolute Gasteiger partial charge is 0.342 e. The first-order valence-corrected chi connectivity index (χ1v) is 12.5. The van der Waals surface area contributed by atoms with Gasteiger partial charge >= 0.3 is 0 Å². The minimum Gasteiger partial charge on any atom is -0.342 e. The highest BCUT2D eigenvalue weighted by molar-refractivity contribution is 6.34. The molecule has 0 spiro atoms. The third-order valence-corrected chi connectivity index (χ3v) is 6.57. The van der Waals surface area contributed by atoms with Gasteiger partial charge in [0, 0.05) is 42.9 Å². The number of aryl methyl sites for hydroxylation is 1. The molecule has 4 rings (SSSR count).